The zero-order valence-corrected chi connectivity index (χ0v) is 12.0. The Labute approximate surface area is 111 Å². The topological polar surface area (TPSA) is 55.6 Å². The normalized spacial score (nSPS) is 23.6. The van der Waals surface area contributed by atoms with Gasteiger partial charge in [-0.15, -0.1) is 0 Å². The molecular formula is C14H28N2O2. The van der Waals surface area contributed by atoms with E-state index in [9.17, 15) is 4.79 Å². The van der Waals surface area contributed by atoms with Gasteiger partial charge in [-0.25, -0.2) is 0 Å². The van der Waals surface area contributed by atoms with Crippen LogP contribution >= 0.6 is 0 Å². The van der Waals surface area contributed by atoms with Crippen molar-refractivity contribution < 1.29 is 9.53 Å². The molecule has 1 aliphatic rings. The predicted molar refractivity (Wildman–Crippen MR) is 73.2 cm³/mol. The van der Waals surface area contributed by atoms with Gasteiger partial charge < -0.3 is 15.4 Å². The van der Waals surface area contributed by atoms with Crippen molar-refractivity contribution in [2.24, 2.45) is 17.6 Å². The highest BCUT2D eigenvalue weighted by Gasteiger charge is 2.28. The van der Waals surface area contributed by atoms with Gasteiger partial charge in [-0.05, 0) is 24.7 Å². The molecular weight excluding hydrogens is 228 g/mol. The molecule has 0 aromatic rings. The molecule has 0 aliphatic heterocycles. The van der Waals surface area contributed by atoms with Crippen LogP contribution in [0.5, 0.6) is 0 Å². The number of hydrogen-bond donors (Lipinski definition) is 1. The first kappa shape index (κ1) is 15.4. The summed E-state index contributed by atoms with van der Waals surface area (Å²) in [6.45, 7) is 6.37. The molecule has 1 fully saturated rings. The van der Waals surface area contributed by atoms with E-state index in [1.165, 1.54) is 6.42 Å². The van der Waals surface area contributed by atoms with Crippen LogP contribution in [0.25, 0.3) is 0 Å². The summed E-state index contributed by atoms with van der Waals surface area (Å²) in [6.07, 6.45) is 3.95. The summed E-state index contributed by atoms with van der Waals surface area (Å²) in [5.41, 5.74) is 6.03. The van der Waals surface area contributed by atoms with Crippen LogP contribution in [-0.4, -0.2) is 43.7 Å². The highest BCUT2D eigenvalue weighted by atomic mass is 16.5. The van der Waals surface area contributed by atoms with Gasteiger partial charge in [0, 0.05) is 32.7 Å². The van der Waals surface area contributed by atoms with E-state index in [0.29, 0.717) is 31.4 Å². The number of nitrogens with two attached hydrogens (primary N) is 1. The summed E-state index contributed by atoms with van der Waals surface area (Å²) in [6, 6.07) is 0.220. The van der Waals surface area contributed by atoms with Gasteiger partial charge >= 0.3 is 0 Å². The second kappa shape index (κ2) is 7.74. The zero-order chi connectivity index (χ0) is 13.5. The molecule has 0 saturated heterocycles. The molecule has 0 unspecified atom stereocenters. The third kappa shape index (κ3) is 4.94. The maximum Gasteiger partial charge on any atom is 0.222 e. The van der Waals surface area contributed by atoms with Gasteiger partial charge in [0.1, 0.15) is 0 Å². The van der Waals surface area contributed by atoms with Crippen LogP contribution in [0.1, 0.15) is 39.5 Å². The number of amides is 1. The van der Waals surface area contributed by atoms with Crippen molar-refractivity contribution in [2.45, 2.75) is 45.6 Å². The molecule has 2 N–H and O–H groups in total. The van der Waals surface area contributed by atoms with E-state index in [1.807, 2.05) is 4.90 Å². The zero-order valence-electron chi connectivity index (χ0n) is 12.0. The average molecular weight is 256 g/mol. The Morgan fingerprint density at radius 3 is 2.67 bits per heavy atom. The minimum absolute atomic E-state index is 0.220. The van der Waals surface area contributed by atoms with Crippen molar-refractivity contribution in [3.05, 3.63) is 0 Å². The van der Waals surface area contributed by atoms with Gasteiger partial charge in [-0.1, -0.05) is 20.3 Å². The molecule has 0 aromatic carbocycles. The van der Waals surface area contributed by atoms with Crippen molar-refractivity contribution in [2.75, 3.05) is 26.8 Å². The molecule has 4 nitrogen and oxygen atoms in total. The van der Waals surface area contributed by atoms with Crippen LogP contribution in [0, 0.1) is 11.8 Å². The Morgan fingerprint density at radius 2 is 2.17 bits per heavy atom. The van der Waals surface area contributed by atoms with Crippen molar-refractivity contribution in [1.82, 2.24) is 4.90 Å². The number of carbonyl (C=O) groups excluding carboxylic acids is 1. The smallest absolute Gasteiger partial charge is 0.222 e. The Hall–Kier alpha value is -0.610. The van der Waals surface area contributed by atoms with E-state index in [1.54, 1.807) is 7.11 Å². The third-order valence-corrected chi connectivity index (χ3v) is 3.66. The van der Waals surface area contributed by atoms with E-state index in [4.69, 9.17) is 10.5 Å². The fourth-order valence-electron chi connectivity index (χ4n) is 2.63. The van der Waals surface area contributed by atoms with Crippen LogP contribution < -0.4 is 5.73 Å². The van der Waals surface area contributed by atoms with Crippen molar-refractivity contribution in [3.8, 4) is 0 Å². The molecule has 1 amide bonds. The first-order valence-electron chi connectivity index (χ1n) is 7.07. The second-order valence-electron chi connectivity index (χ2n) is 5.79. The molecule has 1 aliphatic carbocycles. The molecule has 4 heteroatoms. The van der Waals surface area contributed by atoms with Crippen molar-refractivity contribution in [3.63, 3.8) is 0 Å². The fraction of sp³-hybridized carbons (Fsp3) is 0.929. The van der Waals surface area contributed by atoms with Gasteiger partial charge in [-0.3, -0.25) is 4.79 Å². The number of nitrogens with zero attached hydrogens (tertiary/aromatic N) is 1. The highest BCUT2D eigenvalue weighted by Crippen LogP contribution is 2.27. The SMILES string of the molecule is COCCN(CC(C)C)C(=O)C[C@@H]1CCC[C@H]1N. The van der Waals surface area contributed by atoms with Gasteiger partial charge in [0.05, 0.1) is 6.61 Å². The Kier molecular flexibility index (Phi) is 6.65. The standard InChI is InChI=1S/C14H28N2O2/c1-11(2)10-16(7-8-18-3)14(17)9-12-5-4-6-13(12)15/h11-13H,4-10,15H2,1-3H3/t12-,13+/m0/s1. The van der Waals surface area contributed by atoms with Gasteiger partial charge in [0.25, 0.3) is 0 Å². The number of methoxy groups -OCH3 is 1. The summed E-state index contributed by atoms with van der Waals surface area (Å²) >= 11 is 0. The van der Waals surface area contributed by atoms with E-state index in [2.05, 4.69) is 13.8 Å². The molecule has 0 aromatic heterocycles. The van der Waals surface area contributed by atoms with E-state index < -0.39 is 0 Å². The molecule has 18 heavy (non-hydrogen) atoms. The van der Waals surface area contributed by atoms with Crippen LogP contribution in [-0.2, 0) is 9.53 Å². The predicted octanol–water partition coefficient (Wildman–Crippen LogP) is 1.63. The minimum Gasteiger partial charge on any atom is -0.383 e. The molecule has 106 valence electrons. The summed E-state index contributed by atoms with van der Waals surface area (Å²) in [5.74, 6) is 1.11. The highest BCUT2D eigenvalue weighted by molar-refractivity contribution is 5.76. The quantitative estimate of drug-likeness (QED) is 0.753. The fourth-order valence-corrected chi connectivity index (χ4v) is 2.63. The van der Waals surface area contributed by atoms with E-state index in [-0.39, 0.29) is 11.9 Å². The molecule has 0 radical (unpaired) electrons. The third-order valence-electron chi connectivity index (χ3n) is 3.66. The average Bonchev–Trinajstić information content (AvgIpc) is 2.70. The first-order valence-corrected chi connectivity index (χ1v) is 7.07. The molecule has 1 rings (SSSR count). The van der Waals surface area contributed by atoms with E-state index >= 15 is 0 Å². The first-order chi connectivity index (χ1) is 8.54. The number of ether oxygens (including phenoxy) is 1. The maximum atomic E-state index is 12.3. The lowest BCUT2D eigenvalue weighted by molar-refractivity contribution is -0.133. The van der Waals surface area contributed by atoms with Gasteiger partial charge in [-0.2, -0.15) is 0 Å². The van der Waals surface area contributed by atoms with Crippen molar-refractivity contribution in [1.29, 1.82) is 0 Å². The van der Waals surface area contributed by atoms with Crippen LogP contribution in [0.15, 0.2) is 0 Å². The maximum absolute atomic E-state index is 12.3. The molecule has 0 heterocycles. The molecule has 2 atom stereocenters. The lowest BCUT2D eigenvalue weighted by Crippen LogP contribution is -2.39. The Morgan fingerprint density at radius 1 is 1.44 bits per heavy atom. The van der Waals surface area contributed by atoms with Crippen molar-refractivity contribution >= 4 is 5.91 Å². The Bertz CT molecular complexity index is 256. The summed E-state index contributed by atoms with van der Waals surface area (Å²) < 4.78 is 5.08. The number of carbonyl (C=O) groups is 1. The molecule has 1 saturated carbocycles. The molecule has 0 spiro atoms. The summed E-state index contributed by atoms with van der Waals surface area (Å²) in [5, 5.41) is 0. The van der Waals surface area contributed by atoms with Gasteiger partial charge in [0.15, 0.2) is 0 Å². The molecule has 0 bridgehead atoms. The largest absolute Gasteiger partial charge is 0.383 e. The second-order valence-corrected chi connectivity index (χ2v) is 5.79. The van der Waals surface area contributed by atoms with E-state index in [0.717, 1.165) is 19.4 Å². The lowest BCUT2D eigenvalue weighted by Gasteiger charge is -2.26. The van der Waals surface area contributed by atoms with Crippen LogP contribution in [0.2, 0.25) is 0 Å². The summed E-state index contributed by atoms with van der Waals surface area (Å²) in [7, 11) is 1.67. The number of rotatable bonds is 7. The van der Waals surface area contributed by atoms with Gasteiger partial charge in [0.2, 0.25) is 5.91 Å². The lowest BCUT2D eigenvalue weighted by atomic mass is 9.99. The number of hydrogen-bond acceptors (Lipinski definition) is 3. The summed E-state index contributed by atoms with van der Waals surface area (Å²) in [4.78, 5) is 14.2. The monoisotopic (exact) mass is 256 g/mol. The van der Waals surface area contributed by atoms with Crippen LogP contribution in [0.3, 0.4) is 0 Å². The Balaban J connectivity index is 2.46. The van der Waals surface area contributed by atoms with Crippen LogP contribution in [0.4, 0.5) is 0 Å². The minimum atomic E-state index is 0.220.